The van der Waals surface area contributed by atoms with E-state index in [0.29, 0.717) is 24.2 Å². The van der Waals surface area contributed by atoms with E-state index in [0.717, 1.165) is 12.8 Å². The Morgan fingerprint density at radius 1 is 0.706 bits per heavy atom. The monoisotopic (exact) mass is 458 g/mol. The number of hydrogen-bond donors (Lipinski definition) is 0. The van der Waals surface area contributed by atoms with Crippen LogP contribution in [0.15, 0.2) is 85.5 Å². The van der Waals surface area contributed by atoms with Crippen LogP contribution in [0.25, 0.3) is 0 Å². The van der Waals surface area contributed by atoms with Gasteiger partial charge in [0.2, 0.25) is 0 Å². The minimum atomic E-state index is -1.18. The first-order valence-corrected chi connectivity index (χ1v) is 12.7. The Labute approximate surface area is 204 Å². The van der Waals surface area contributed by atoms with Crippen molar-refractivity contribution in [2.75, 3.05) is 10.0 Å². The standard InChI is InChI=1S/C30H38N2O2/c1-3-5-6-7-8-9-10-11-12-19-25-30(24-4-2)28(33)31(26-20-15-13-16-21-26)32(29(30)34)27-22-17-14-18-23-27/h4,12-23H,2-3,5-11,24-25H2,1H3. The van der Waals surface area contributed by atoms with Crippen LogP contribution in [-0.2, 0) is 9.59 Å². The quantitative estimate of drug-likeness (QED) is 0.166. The van der Waals surface area contributed by atoms with E-state index in [9.17, 15) is 9.59 Å². The molecule has 1 aliphatic heterocycles. The predicted octanol–water partition coefficient (Wildman–Crippen LogP) is 7.63. The number of hydrazine groups is 1. The summed E-state index contributed by atoms with van der Waals surface area (Å²) in [6, 6.07) is 18.8. The van der Waals surface area contributed by atoms with Crippen LogP contribution >= 0.6 is 0 Å². The fraction of sp³-hybridized carbons (Fsp3) is 0.400. The highest BCUT2D eigenvalue weighted by molar-refractivity contribution is 6.26. The highest BCUT2D eigenvalue weighted by Gasteiger charge is 2.57. The van der Waals surface area contributed by atoms with Gasteiger partial charge in [-0.25, -0.2) is 10.0 Å². The fourth-order valence-electron chi connectivity index (χ4n) is 4.58. The average Bonchev–Trinajstić information content (AvgIpc) is 3.08. The lowest BCUT2D eigenvalue weighted by molar-refractivity contribution is -0.134. The number of hydrogen-bond acceptors (Lipinski definition) is 2. The van der Waals surface area contributed by atoms with Gasteiger partial charge in [-0.2, -0.15) is 0 Å². The Bertz CT molecular complexity index is 895. The van der Waals surface area contributed by atoms with E-state index >= 15 is 0 Å². The van der Waals surface area contributed by atoms with Crippen LogP contribution < -0.4 is 10.0 Å². The number of rotatable bonds is 14. The van der Waals surface area contributed by atoms with Crippen molar-refractivity contribution in [3.8, 4) is 0 Å². The highest BCUT2D eigenvalue weighted by Crippen LogP contribution is 2.43. The molecule has 0 unspecified atom stereocenters. The lowest BCUT2D eigenvalue weighted by Crippen LogP contribution is -2.41. The zero-order valence-electron chi connectivity index (χ0n) is 20.5. The molecule has 3 rings (SSSR count). The molecule has 34 heavy (non-hydrogen) atoms. The normalized spacial score (nSPS) is 15.4. The van der Waals surface area contributed by atoms with Gasteiger partial charge in [-0.1, -0.05) is 100 Å². The number of allylic oxidation sites excluding steroid dienone is 3. The summed E-state index contributed by atoms with van der Waals surface area (Å²) in [6.07, 6.45) is 16.4. The van der Waals surface area contributed by atoms with E-state index in [2.05, 4.69) is 19.6 Å². The molecule has 1 aliphatic rings. The Balaban J connectivity index is 1.76. The second kappa shape index (κ2) is 12.9. The second-order valence-electron chi connectivity index (χ2n) is 9.07. The molecule has 0 atom stereocenters. The molecule has 2 amide bonds. The average molecular weight is 459 g/mol. The molecule has 0 spiro atoms. The van der Waals surface area contributed by atoms with Gasteiger partial charge >= 0.3 is 0 Å². The van der Waals surface area contributed by atoms with Gasteiger partial charge in [-0.05, 0) is 49.9 Å². The largest absolute Gasteiger partial charge is 0.271 e. The maximum Gasteiger partial charge on any atom is 0.262 e. The van der Waals surface area contributed by atoms with Gasteiger partial charge in [0.05, 0.1) is 11.4 Å². The topological polar surface area (TPSA) is 40.6 Å². The van der Waals surface area contributed by atoms with Crippen molar-refractivity contribution in [2.24, 2.45) is 5.41 Å². The van der Waals surface area contributed by atoms with E-state index in [1.807, 2.05) is 66.7 Å². The van der Waals surface area contributed by atoms with Gasteiger partial charge in [0.1, 0.15) is 5.41 Å². The van der Waals surface area contributed by atoms with Gasteiger partial charge in [-0.15, -0.1) is 6.58 Å². The van der Waals surface area contributed by atoms with Gasteiger partial charge in [0, 0.05) is 0 Å². The number of nitrogens with zero attached hydrogens (tertiary/aromatic N) is 2. The summed E-state index contributed by atoms with van der Waals surface area (Å²) in [7, 11) is 0. The molecule has 2 aromatic rings. The summed E-state index contributed by atoms with van der Waals surface area (Å²) in [6.45, 7) is 6.11. The minimum Gasteiger partial charge on any atom is -0.271 e. The fourth-order valence-corrected chi connectivity index (χ4v) is 4.58. The molecule has 180 valence electrons. The van der Waals surface area contributed by atoms with Gasteiger partial charge in [0.25, 0.3) is 11.8 Å². The second-order valence-corrected chi connectivity index (χ2v) is 9.07. The van der Waals surface area contributed by atoms with Crippen molar-refractivity contribution < 1.29 is 9.59 Å². The molecule has 0 bridgehead atoms. The zero-order valence-corrected chi connectivity index (χ0v) is 20.5. The number of carbonyl (C=O) groups is 2. The number of para-hydroxylation sites is 2. The number of benzene rings is 2. The molecule has 4 nitrogen and oxygen atoms in total. The van der Waals surface area contributed by atoms with E-state index in [-0.39, 0.29) is 11.8 Å². The molecular formula is C30H38N2O2. The third kappa shape index (κ3) is 5.85. The molecule has 1 fully saturated rings. The van der Waals surface area contributed by atoms with Crippen LogP contribution in [0.2, 0.25) is 0 Å². The zero-order chi connectivity index (χ0) is 24.2. The number of unbranched alkanes of at least 4 members (excludes halogenated alkanes) is 7. The Morgan fingerprint density at radius 2 is 1.21 bits per heavy atom. The first kappa shape index (κ1) is 25.5. The summed E-state index contributed by atoms with van der Waals surface area (Å²) in [4.78, 5) is 27.8. The van der Waals surface area contributed by atoms with Gasteiger partial charge in [0.15, 0.2) is 0 Å². The Morgan fingerprint density at radius 3 is 1.71 bits per heavy atom. The molecule has 4 heteroatoms. The summed E-state index contributed by atoms with van der Waals surface area (Å²) < 4.78 is 0. The molecule has 1 heterocycles. The first-order valence-electron chi connectivity index (χ1n) is 12.7. The van der Waals surface area contributed by atoms with Crippen molar-refractivity contribution >= 4 is 23.2 Å². The number of carbonyl (C=O) groups excluding carboxylic acids is 2. The molecule has 0 aliphatic carbocycles. The summed E-state index contributed by atoms with van der Waals surface area (Å²) in [5, 5.41) is 3.07. The Hall–Kier alpha value is -3.14. The van der Waals surface area contributed by atoms with Crippen LogP contribution in [0, 0.1) is 5.41 Å². The van der Waals surface area contributed by atoms with Crippen LogP contribution in [0.5, 0.6) is 0 Å². The van der Waals surface area contributed by atoms with Gasteiger partial charge < -0.3 is 0 Å². The van der Waals surface area contributed by atoms with Crippen molar-refractivity contribution in [1.29, 1.82) is 0 Å². The highest BCUT2D eigenvalue weighted by atomic mass is 16.2. The lowest BCUT2D eigenvalue weighted by atomic mass is 9.79. The van der Waals surface area contributed by atoms with Crippen molar-refractivity contribution in [3.63, 3.8) is 0 Å². The predicted molar refractivity (Wildman–Crippen MR) is 141 cm³/mol. The van der Waals surface area contributed by atoms with Gasteiger partial charge in [-0.3, -0.25) is 9.59 Å². The van der Waals surface area contributed by atoms with E-state index in [4.69, 9.17) is 0 Å². The first-order chi connectivity index (χ1) is 16.7. The van der Waals surface area contributed by atoms with Crippen molar-refractivity contribution in [3.05, 3.63) is 85.5 Å². The third-order valence-corrected chi connectivity index (χ3v) is 6.51. The van der Waals surface area contributed by atoms with Crippen LogP contribution in [-0.4, -0.2) is 11.8 Å². The smallest absolute Gasteiger partial charge is 0.262 e. The van der Waals surface area contributed by atoms with E-state index in [1.165, 1.54) is 48.5 Å². The van der Waals surface area contributed by atoms with E-state index < -0.39 is 5.41 Å². The van der Waals surface area contributed by atoms with Crippen LogP contribution in [0.4, 0.5) is 11.4 Å². The number of amides is 2. The molecule has 0 saturated carbocycles. The summed E-state index contributed by atoms with van der Waals surface area (Å²) in [5.41, 5.74) is 0.190. The molecule has 0 N–H and O–H groups in total. The maximum atomic E-state index is 13.9. The molecule has 1 saturated heterocycles. The van der Waals surface area contributed by atoms with E-state index in [1.54, 1.807) is 6.08 Å². The SMILES string of the molecule is C=CCC1(CC=CCCCCCCCCC)C(=O)N(c2ccccc2)N(c2ccccc2)C1=O. The molecular weight excluding hydrogens is 420 g/mol. The maximum absolute atomic E-state index is 13.9. The molecule has 0 radical (unpaired) electrons. The van der Waals surface area contributed by atoms with Crippen LogP contribution in [0.1, 0.15) is 71.1 Å². The minimum absolute atomic E-state index is 0.201. The molecule has 0 aromatic heterocycles. The van der Waals surface area contributed by atoms with Crippen molar-refractivity contribution in [1.82, 2.24) is 0 Å². The lowest BCUT2D eigenvalue weighted by Gasteiger charge is -2.27. The molecule has 2 aromatic carbocycles. The summed E-state index contributed by atoms with van der Waals surface area (Å²) >= 11 is 0. The third-order valence-electron chi connectivity index (χ3n) is 6.51. The number of anilines is 2. The van der Waals surface area contributed by atoms with Crippen molar-refractivity contribution in [2.45, 2.75) is 71.1 Å². The van der Waals surface area contributed by atoms with Crippen LogP contribution in [0.3, 0.4) is 0 Å². The summed E-state index contributed by atoms with van der Waals surface area (Å²) in [5.74, 6) is -0.402. The Kier molecular flexibility index (Phi) is 9.69.